The number of carboxylic acid groups (broad SMARTS) is 2. The van der Waals surface area contributed by atoms with Gasteiger partial charge in [0.15, 0.2) is 0 Å². The zero-order valence-electron chi connectivity index (χ0n) is 42.3. The molecule has 0 aliphatic heterocycles. The summed E-state index contributed by atoms with van der Waals surface area (Å²) in [5.41, 5.74) is 46.1. The zero-order chi connectivity index (χ0) is 54.3. The summed E-state index contributed by atoms with van der Waals surface area (Å²) >= 11 is 0. The fourth-order valence-electron chi connectivity index (χ4n) is 7.50. The summed E-state index contributed by atoms with van der Waals surface area (Å²) in [5, 5.41) is 37.2. The topological polar surface area (TPSA) is 486 Å². The highest BCUT2D eigenvalue weighted by molar-refractivity contribution is 5.97. The Kier molecular flexibility index (Phi) is 38.5. The summed E-state index contributed by atoms with van der Waals surface area (Å²) in [6, 6.07) is -10.0. The second kappa shape index (κ2) is 41.4. The molecule has 0 bridgehead atoms. The third kappa shape index (κ3) is 30.1. The Morgan fingerprint density at radius 1 is 0.292 bits per heavy atom. The van der Waals surface area contributed by atoms with Gasteiger partial charge in [-0.2, -0.15) is 0 Å². The monoisotopic (exact) mass is 1030 g/mol. The number of hydrogen-bond acceptors (Lipinski definition) is 17. The third-order valence-corrected chi connectivity index (χ3v) is 11.8. The molecule has 25 N–H and O–H groups in total. The average Bonchev–Trinajstić information content (AvgIpc) is 3.34. The van der Waals surface area contributed by atoms with Gasteiger partial charge in [-0.3, -0.25) is 38.4 Å². The van der Waals surface area contributed by atoms with Crippen LogP contribution >= 0.6 is 0 Å². The van der Waals surface area contributed by atoms with Crippen LogP contribution in [0.25, 0.3) is 0 Å². The molecule has 0 spiro atoms. The first-order valence-electron chi connectivity index (χ1n) is 25.7. The van der Waals surface area contributed by atoms with E-state index in [9.17, 15) is 53.4 Å². The van der Waals surface area contributed by atoms with Crippen LogP contribution in [-0.2, 0) is 43.2 Å². The van der Waals surface area contributed by atoms with Gasteiger partial charge in [-0.05, 0) is 174 Å². The van der Waals surface area contributed by atoms with Crippen molar-refractivity contribution in [1.29, 1.82) is 0 Å². The standard InChI is InChI=1S/C46H91N15O11/c47-22-8-1-15-30(54)39(64)55-31(16-2-9-23-48)40(65)56-32(17-3-10-24-49)41(66)57-33(18-4-11-25-50)42(67)58-34(19-5-12-26-51)43(68)59-35(20-6-13-27-52)44(69)60-36(21-7-14-28-53)45(70)61-37(46(71)72)29-38(62)63/h30-37H,1-29,47-54H2,(H,55,64)(H,56,65)(H,57,66)(H,58,67)(H,59,68)(H,60,69)(H,61,70)(H,62,63)(H,71,72)/t30-,31-,32-,33-,34-,35-,36-,37-/m0/s1. The number of nitrogens with one attached hydrogen (secondary N) is 7. The van der Waals surface area contributed by atoms with E-state index in [-0.39, 0.29) is 64.7 Å². The minimum Gasteiger partial charge on any atom is -0.481 e. The number of rotatable bonds is 45. The third-order valence-electron chi connectivity index (χ3n) is 11.8. The van der Waals surface area contributed by atoms with E-state index in [2.05, 4.69) is 37.2 Å². The van der Waals surface area contributed by atoms with E-state index in [0.29, 0.717) is 116 Å². The molecule has 0 unspecified atom stereocenters. The normalized spacial score (nSPS) is 14.5. The highest BCUT2D eigenvalue weighted by Crippen LogP contribution is 2.12. The molecule has 0 aromatic heterocycles. The number of hydrogen-bond donors (Lipinski definition) is 17. The lowest BCUT2D eigenvalue weighted by Crippen LogP contribution is -2.60. The van der Waals surface area contributed by atoms with E-state index in [0.717, 1.165) is 0 Å². The molecular formula is C46H91N15O11. The minimum absolute atomic E-state index is 0.000848. The van der Waals surface area contributed by atoms with E-state index in [1.807, 2.05) is 0 Å². The Hall–Kier alpha value is -5.09. The quantitative estimate of drug-likeness (QED) is 0.0260. The number of amides is 7. The lowest BCUT2D eigenvalue weighted by Gasteiger charge is -2.28. The molecule has 0 aliphatic rings. The van der Waals surface area contributed by atoms with Gasteiger partial charge >= 0.3 is 11.9 Å². The van der Waals surface area contributed by atoms with Crippen molar-refractivity contribution in [3.63, 3.8) is 0 Å². The second-order valence-corrected chi connectivity index (χ2v) is 18.0. The molecule has 0 saturated heterocycles. The minimum atomic E-state index is -1.79. The van der Waals surface area contributed by atoms with Crippen LogP contribution < -0.4 is 83.1 Å². The number of nitrogens with two attached hydrogens (primary N) is 8. The first-order chi connectivity index (χ1) is 34.4. The van der Waals surface area contributed by atoms with Crippen LogP contribution in [0.5, 0.6) is 0 Å². The van der Waals surface area contributed by atoms with E-state index in [4.69, 9.17) is 45.9 Å². The van der Waals surface area contributed by atoms with E-state index in [1.165, 1.54) is 0 Å². The summed E-state index contributed by atoms with van der Waals surface area (Å²) in [5.74, 6) is -8.25. The maximum absolute atomic E-state index is 14.3. The number of unbranched alkanes of at least 4 members (excludes halogenated alkanes) is 7. The summed E-state index contributed by atoms with van der Waals surface area (Å²) in [6.45, 7) is 2.16. The summed E-state index contributed by atoms with van der Waals surface area (Å²) in [6.07, 6.45) is 6.51. The molecule has 26 nitrogen and oxygen atoms in total. The first-order valence-corrected chi connectivity index (χ1v) is 25.7. The SMILES string of the molecule is NCCCC[C@H](NC(=O)[C@H](CCCCN)NC(=O)[C@H](CCCCN)NC(=O)[C@H](CCCCN)NC(=O)[C@H](CCCCN)NC(=O)[C@H](CCCCN)NC(=O)[C@@H](N)CCCCN)C(=O)N[C@@H](CC(=O)O)C(=O)O. The van der Waals surface area contributed by atoms with Gasteiger partial charge < -0.3 is 93.3 Å². The Labute approximate surface area is 424 Å². The molecule has 26 heteroatoms. The smallest absolute Gasteiger partial charge is 0.326 e. The molecule has 0 aromatic rings. The van der Waals surface area contributed by atoms with Gasteiger partial charge in [-0.15, -0.1) is 0 Å². The summed E-state index contributed by atoms with van der Waals surface area (Å²) in [4.78, 5) is 120. The van der Waals surface area contributed by atoms with Gasteiger partial charge in [0.1, 0.15) is 42.3 Å². The summed E-state index contributed by atoms with van der Waals surface area (Å²) in [7, 11) is 0. The van der Waals surface area contributed by atoms with Crippen LogP contribution in [0.1, 0.15) is 141 Å². The van der Waals surface area contributed by atoms with Crippen molar-refractivity contribution in [2.45, 2.75) is 190 Å². The van der Waals surface area contributed by atoms with Crippen LogP contribution in [-0.4, -0.2) is 158 Å². The van der Waals surface area contributed by atoms with Crippen LogP contribution in [0.15, 0.2) is 0 Å². The molecule has 0 aliphatic carbocycles. The molecule has 72 heavy (non-hydrogen) atoms. The van der Waals surface area contributed by atoms with Gasteiger partial charge in [-0.25, -0.2) is 4.79 Å². The van der Waals surface area contributed by atoms with Gasteiger partial charge in [-0.1, -0.05) is 6.42 Å². The molecular weight excluding hydrogens is 939 g/mol. The largest absolute Gasteiger partial charge is 0.481 e. The van der Waals surface area contributed by atoms with Crippen molar-refractivity contribution in [2.75, 3.05) is 45.8 Å². The van der Waals surface area contributed by atoms with Gasteiger partial charge in [0.05, 0.1) is 12.5 Å². The van der Waals surface area contributed by atoms with Gasteiger partial charge in [0.2, 0.25) is 41.4 Å². The van der Waals surface area contributed by atoms with Crippen molar-refractivity contribution in [2.24, 2.45) is 45.9 Å². The predicted octanol–water partition coefficient (Wildman–Crippen LogP) is -3.83. The molecule has 0 aromatic carbocycles. The van der Waals surface area contributed by atoms with E-state index < -0.39 is 108 Å². The molecule has 0 radical (unpaired) electrons. The number of aliphatic carboxylic acids is 2. The number of carboxylic acids is 2. The lowest BCUT2D eigenvalue weighted by molar-refractivity contribution is -0.147. The van der Waals surface area contributed by atoms with Crippen molar-refractivity contribution in [1.82, 2.24) is 37.2 Å². The Morgan fingerprint density at radius 2 is 0.486 bits per heavy atom. The highest BCUT2D eigenvalue weighted by Gasteiger charge is 2.34. The van der Waals surface area contributed by atoms with Crippen LogP contribution in [0, 0.1) is 0 Å². The number of carbonyl (C=O) groups is 9. The molecule has 0 fully saturated rings. The number of carbonyl (C=O) groups excluding carboxylic acids is 7. The maximum Gasteiger partial charge on any atom is 0.326 e. The fourth-order valence-corrected chi connectivity index (χ4v) is 7.50. The molecule has 8 atom stereocenters. The van der Waals surface area contributed by atoms with Crippen molar-refractivity contribution in [3.05, 3.63) is 0 Å². The molecule has 7 amide bonds. The summed E-state index contributed by atoms with van der Waals surface area (Å²) < 4.78 is 0. The maximum atomic E-state index is 14.3. The van der Waals surface area contributed by atoms with Crippen molar-refractivity contribution < 1.29 is 53.4 Å². The molecule has 0 heterocycles. The van der Waals surface area contributed by atoms with Crippen LogP contribution in [0.3, 0.4) is 0 Å². The van der Waals surface area contributed by atoms with E-state index >= 15 is 0 Å². The highest BCUT2D eigenvalue weighted by atomic mass is 16.4. The van der Waals surface area contributed by atoms with Crippen molar-refractivity contribution in [3.8, 4) is 0 Å². The first kappa shape index (κ1) is 66.9. The average molecular weight is 1030 g/mol. The Balaban J connectivity index is 6.76. The van der Waals surface area contributed by atoms with Gasteiger partial charge in [0, 0.05) is 0 Å². The fraction of sp³-hybridized carbons (Fsp3) is 0.804. The van der Waals surface area contributed by atoms with Gasteiger partial charge in [0.25, 0.3) is 0 Å². The molecule has 416 valence electrons. The lowest BCUT2D eigenvalue weighted by atomic mass is 10.0. The molecule has 0 rings (SSSR count). The van der Waals surface area contributed by atoms with Crippen LogP contribution in [0.4, 0.5) is 0 Å². The van der Waals surface area contributed by atoms with E-state index in [1.54, 1.807) is 0 Å². The van der Waals surface area contributed by atoms with Crippen LogP contribution in [0.2, 0.25) is 0 Å². The predicted molar refractivity (Wildman–Crippen MR) is 272 cm³/mol. The zero-order valence-corrected chi connectivity index (χ0v) is 42.3. The Bertz CT molecular complexity index is 1620. The molecule has 0 saturated carbocycles. The van der Waals surface area contributed by atoms with Crippen molar-refractivity contribution >= 4 is 53.3 Å². The second-order valence-electron chi connectivity index (χ2n) is 18.0. The Morgan fingerprint density at radius 3 is 0.681 bits per heavy atom.